The third-order valence-electron chi connectivity index (χ3n) is 5.77. The van der Waals surface area contributed by atoms with E-state index in [9.17, 15) is 13.5 Å². The zero-order valence-corrected chi connectivity index (χ0v) is 28.9. The Morgan fingerprint density at radius 1 is 1.05 bits per heavy atom. The van der Waals surface area contributed by atoms with Crippen LogP contribution in [0.4, 0.5) is 17.3 Å². The molecule has 14 heteroatoms. The Balaban J connectivity index is 0.000000523. The molecular weight excluding hydrogens is 595 g/mol. The average Bonchev–Trinajstić information content (AvgIpc) is 3.71. The SMILES string of the molecule is CC.CCC.CCCc1coc(CNc2nsnc2Nc2csc(S(=O)(=O)NCC)c2O)c1.CCN1CCN(C)CC1. The third-order valence-corrected chi connectivity index (χ3v) is 9.36. The van der Waals surface area contributed by atoms with E-state index in [4.69, 9.17) is 4.42 Å². The average molecular weight is 646 g/mol. The highest BCUT2D eigenvalue weighted by Crippen LogP contribution is 2.39. The Labute approximate surface area is 261 Å². The number of piperazine rings is 1. The Kier molecular flexibility index (Phi) is 18.6. The zero-order valence-electron chi connectivity index (χ0n) is 26.5. The summed E-state index contributed by atoms with van der Waals surface area (Å²) in [6.07, 6.45) is 5.00. The van der Waals surface area contributed by atoms with Crippen LogP contribution in [0.3, 0.4) is 0 Å². The summed E-state index contributed by atoms with van der Waals surface area (Å²) in [4.78, 5) is 4.87. The Hall–Kier alpha value is -2.23. The highest BCUT2D eigenvalue weighted by Gasteiger charge is 2.24. The fourth-order valence-electron chi connectivity index (χ4n) is 3.66. The lowest BCUT2D eigenvalue weighted by molar-refractivity contribution is 0.160. The standard InChI is InChI=1S/C16H21N5O4S3.C7H16N2.C3H8.C2H6/c1-3-5-10-6-11(25-8-10)7-17-14-15(21-27-20-14)19-12-9-26-16(13(12)22)28(23,24)18-4-2;1-3-9-6-4-8(2)5-7-9;1-3-2;1-2/h6,8-9,18,22H,3-5,7H2,1-2H3,(H,17,20)(H,19,21);3-7H2,1-2H3;3H2,1-2H3;1-2H3. The van der Waals surface area contributed by atoms with Crippen molar-refractivity contribution >= 4 is 50.4 Å². The summed E-state index contributed by atoms with van der Waals surface area (Å²) in [6, 6.07) is 1.99. The normalized spacial score (nSPS) is 13.6. The molecule has 0 saturated carbocycles. The Morgan fingerprint density at radius 2 is 1.69 bits per heavy atom. The van der Waals surface area contributed by atoms with Gasteiger partial charge < -0.3 is 30.0 Å². The van der Waals surface area contributed by atoms with E-state index in [1.54, 1.807) is 13.2 Å². The van der Waals surface area contributed by atoms with Crippen LogP contribution in [-0.2, 0) is 23.0 Å². The molecule has 42 heavy (non-hydrogen) atoms. The first-order valence-electron chi connectivity index (χ1n) is 14.8. The molecule has 1 saturated heterocycles. The maximum absolute atomic E-state index is 12.1. The van der Waals surface area contributed by atoms with Gasteiger partial charge in [0.25, 0.3) is 10.0 Å². The Morgan fingerprint density at radius 3 is 2.29 bits per heavy atom. The van der Waals surface area contributed by atoms with Gasteiger partial charge in [0, 0.05) is 38.1 Å². The number of nitrogens with one attached hydrogen (secondary N) is 3. The largest absolute Gasteiger partial charge is 0.504 e. The molecule has 11 nitrogen and oxygen atoms in total. The summed E-state index contributed by atoms with van der Waals surface area (Å²) >= 11 is 1.92. The number of aromatic nitrogens is 2. The molecular formula is C28H51N7O4S3. The number of hydrogen-bond donors (Lipinski definition) is 4. The summed E-state index contributed by atoms with van der Waals surface area (Å²) in [5, 5.41) is 17.9. The van der Waals surface area contributed by atoms with Gasteiger partial charge in [0.15, 0.2) is 21.6 Å². The van der Waals surface area contributed by atoms with Crippen molar-refractivity contribution in [1.82, 2.24) is 23.3 Å². The second kappa shape index (κ2) is 20.6. The lowest BCUT2D eigenvalue weighted by atomic mass is 10.2. The van der Waals surface area contributed by atoms with Gasteiger partial charge in [0.2, 0.25) is 0 Å². The molecule has 4 N–H and O–H groups in total. The molecule has 240 valence electrons. The number of anilines is 3. The summed E-state index contributed by atoms with van der Waals surface area (Å²) in [6.45, 7) is 21.1. The number of nitrogens with zero attached hydrogens (tertiary/aromatic N) is 4. The fourth-order valence-corrected chi connectivity index (χ4v) is 6.46. The first kappa shape index (κ1) is 37.8. The van der Waals surface area contributed by atoms with Gasteiger partial charge in [-0.3, -0.25) is 0 Å². The van der Waals surface area contributed by atoms with Crippen LogP contribution in [0.5, 0.6) is 5.75 Å². The summed E-state index contributed by atoms with van der Waals surface area (Å²) in [5.41, 5.74) is 1.40. The molecule has 1 fully saturated rings. The minimum absolute atomic E-state index is 0.145. The van der Waals surface area contributed by atoms with E-state index in [1.807, 2.05) is 19.9 Å². The molecule has 0 amide bonds. The van der Waals surface area contributed by atoms with Crippen LogP contribution in [0, 0.1) is 0 Å². The minimum Gasteiger partial charge on any atom is -0.504 e. The number of rotatable bonds is 11. The molecule has 4 rings (SSSR count). The number of sulfonamides is 1. The van der Waals surface area contributed by atoms with Crippen molar-refractivity contribution in [1.29, 1.82) is 0 Å². The van der Waals surface area contributed by atoms with Crippen LogP contribution in [0.2, 0.25) is 0 Å². The van der Waals surface area contributed by atoms with Crippen molar-refractivity contribution in [2.75, 3.05) is 56.9 Å². The van der Waals surface area contributed by atoms with Crippen molar-refractivity contribution in [2.24, 2.45) is 0 Å². The van der Waals surface area contributed by atoms with Crippen LogP contribution < -0.4 is 15.4 Å². The molecule has 0 spiro atoms. The summed E-state index contributed by atoms with van der Waals surface area (Å²) in [5.74, 6) is 1.31. The number of hydrogen-bond acceptors (Lipinski definition) is 12. The van der Waals surface area contributed by atoms with Crippen molar-refractivity contribution in [2.45, 2.75) is 78.5 Å². The second-order valence-electron chi connectivity index (χ2n) is 9.34. The van der Waals surface area contributed by atoms with Crippen LogP contribution in [0.15, 0.2) is 26.3 Å². The number of aryl methyl sites for hydroxylation is 1. The number of furan rings is 1. The fraction of sp³-hybridized carbons (Fsp3) is 0.643. The van der Waals surface area contributed by atoms with Gasteiger partial charge >= 0.3 is 0 Å². The Bertz CT molecular complexity index is 1220. The minimum atomic E-state index is -3.74. The van der Waals surface area contributed by atoms with Gasteiger partial charge in [-0.15, -0.1) is 11.3 Å². The monoisotopic (exact) mass is 645 g/mol. The van der Waals surface area contributed by atoms with Gasteiger partial charge in [-0.2, -0.15) is 8.75 Å². The molecule has 0 aliphatic carbocycles. The van der Waals surface area contributed by atoms with Crippen LogP contribution in [-0.4, -0.2) is 78.4 Å². The van der Waals surface area contributed by atoms with Crippen molar-refractivity contribution in [3.05, 3.63) is 29.0 Å². The first-order valence-corrected chi connectivity index (χ1v) is 17.9. The first-order chi connectivity index (χ1) is 20.2. The van der Waals surface area contributed by atoms with Crippen LogP contribution >= 0.6 is 23.1 Å². The molecule has 4 heterocycles. The number of aromatic hydroxyl groups is 1. The third kappa shape index (κ3) is 12.6. The molecule has 1 aliphatic heterocycles. The maximum Gasteiger partial charge on any atom is 0.253 e. The molecule has 0 radical (unpaired) electrons. The molecule has 0 aromatic carbocycles. The van der Waals surface area contributed by atoms with Crippen LogP contribution in [0.1, 0.15) is 72.6 Å². The summed E-state index contributed by atoms with van der Waals surface area (Å²) in [7, 11) is -1.55. The maximum atomic E-state index is 12.1. The van der Waals surface area contributed by atoms with E-state index in [0.29, 0.717) is 18.2 Å². The molecule has 0 atom stereocenters. The predicted molar refractivity (Wildman–Crippen MR) is 177 cm³/mol. The molecule has 3 aromatic heterocycles. The van der Waals surface area contributed by atoms with E-state index in [0.717, 1.165) is 47.2 Å². The quantitative estimate of drug-likeness (QED) is 0.191. The highest BCUT2D eigenvalue weighted by atomic mass is 32.2. The van der Waals surface area contributed by atoms with E-state index in [1.165, 1.54) is 44.5 Å². The lowest BCUT2D eigenvalue weighted by Gasteiger charge is -2.31. The van der Waals surface area contributed by atoms with E-state index in [-0.39, 0.29) is 22.2 Å². The van der Waals surface area contributed by atoms with Gasteiger partial charge in [-0.1, -0.05) is 61.3 Å². The predicted octanol–water partition coefficient (Wildman–Crippen LogP) is 6.20. The molecule has 3 aromatic rings. The van der Waals surface area contributed by atoms with E-state index < -0.39 is 10.0 Å². The van der Waals surface area contributed by atoms with Gasteiger partial charge in [-0.25, -0.2) is 13.1 Å². The van der Waals surface area contributed by atoms with Crippen LogP contribution in [0.25, 0.3) is 0 Å². The van der Waals surface area contributed by atoms with E-state index in [2.05, 4.69) is 68.6 Å². The number of likely N-dealkylation sites (N-methyl/N-ethyl adjacent to an activating group) is 2. The lowest BCUT2D eigenvalue weighted by Crippen LogP contribution is -2.44. The summed E-state index contributed by atoms with van der Waals surface area (Å²) < 4.78 is 40.3. The second-order valence-corrected chi connectivity index (χ2v) is 12.7. The van der Waals surface area contributed by atoms with Crippen molar-refractivity contribution in [3.8, 4) is 5.75 Å². The zero-order chi connectivity index (χ0) is 31.5. The molecule has 1 aliphatic rings. The highest BCUT2D eigenvalue weighted by molar-refractivity contribution is 7.91. The van der Waals surface area contributed by atoms with Gasteiger partial charge in [-0.05, 0) is 31.6 Å². The smallest absolute Gasteiger partial charge is 0.253 e. The molecule has 0 unspecified atom stereocenters. The van der Waals surface area contributed by atoms with Gasteiger partial charge in [0.05, 0.1) is 30.2 Å². The van der Waals surface area contributed by atoms with Crippen molar-refractivity contribution < 1.29 is 17.9 Å². The number of thiophene rings is 1. The van der Waals surface area contributed by atoms with Gasteiger partial charge in [0.1, 0.15) is 5.76 Å². The van der Waals surface area contributed by atoms with Crippen molar-refractivity contribution in [3.63, 3.8) is 0 Å². The molecule has 0 bridgehead atoms. The van der Waals surface area contributed by atoms with E-state index >= 15 is 0 Å². The topological polar surface area (TPSA) is 136 Å².